The van der Waals surface area contributed by atoms with Gasteiger partial charge in [-0.1, -0.05) is 34.1 Å². The van der Waals surface area contributed by atoms with Gasteiger partial charge in [-0.2, -0.15) is 0 Å². The Bertz CT molecular complexity index is 542. The van der Waals surface area contributed by atoms with Gasteiger partial charge in [-0.05, 0) is 30.5 Å². The van der Waals surface area contributed by atoms with Gasteiger partial charge in [0.2, 0.25) is 5.91 Å². The van der Waals surface area contributed by atoms with Crippen LogP contribution in [0.2, 0.25) is 0 Å². The van der Waals surface area contributed by atoms with Crippen LogP contribution >= 0.6 is 15.9 Å². The molecular formula is C15H16BrNO3. The maximum atomic E-state index is 12.2. The summed E-state index contributed by atoms with van der Waals surface area (Å²) in [6, 6.07) is 7.20. The first-order valence-corrected chi connectivity index (χ1v) is 7.24. The third-order valence-corrected chi connectivity index (χ3v) is 4.04. The number of benzene rings is 1. The zero-order valence-corrected chi connectivity index (χ0v) is 12.8. The lowest BCUT2D eigenvalue weighted by Gasteiger charge is -2.20. The Morgan fingerprint density at radius 1 is 1.40 bits per heavy atom. The van der Waals surface area contributed by atoms with E-state index in [0.717, 1.165) is 16.5 Å². The van der Waals surface area contributed by atoms with Crippen molar-refractivity contribution in [3.05, 3.63) is 40.4 Å². The van der Waals surface area contributed by atoms with E-state index in [-0.39, 0.29) is 11.9 Å². The Morgan fingerprint density at radius 3 is 2.85 bits per heavy atom. The molecule has 106 valence electrons. The average Bonchev–Trinajstić information content (AvgIpc) is 2.94. The molecule has 4 nitrogen and oxygen atoms in total. The highest BCUT2D eigenvalue weighted by Gasteiger charge is 2.33. The van der Waals surface area contributed by atoms with Crippen molar-refractivity contribution < 1.29 is 14.3 Å². The van der Waals surface area contributed by atoms with Gasteiger partial charge in [-0.15, -0.1) is 0 Å². The molecule has 1 saturated heterocycles. The number of hydrogen-bond acceptors (Lipinski definition) is 3. The number of nitrogens with zero attached hydrogens (tertiary/aromatic N) is 1. The molecule has 1 fully saturated rings. The van der Waals surface area contributed by atoms with Gasteiger partial charge in [0.25, 0.3) is 0 Å². The average molecular weight is 338 g/mol. The van der Waals surface area contributed by atoms with Crippen LogP contribution in [-0.2, 0) is 14.3 Å². The van der Waals surface area contributed by atoms with Crippen LogP contribution in [0.4, 0.5) is 0 Å². The lowest BCUT2D eigenvalue weighted by molar-refractivity contribution is -0.149. The highest BCUT2D eigenvalue weighted by molar-refractivity contribution is 9.10. The number of hydrogen-bond donors (Lipinski definition) is 0. The Labute approximate surface area is 126 Å². The molecule has 0 bridgehead atoms. The molecule has 0 N–H and O–H groups in total. The molecule has 1 unspecified atom stereocenters. The lowest BCUT2D eigenvalue weighted by atomic mass is 10.2. The monoisotopic (exact) mass is 337 g/mol. The number of halogens is 1. The Morgan fingerprint density at radius 2 is 2.15 bits per heavy atom. The molecule has 0 spiro atoms. The van der Waals surface area contributed by atoms with E-state index in [2.05, 4.69) is 15.9 Å². The molecule has 0 aromatic heterocycles. The zero-order chi connectivity index (χ0) is 14.5. The molecule has 0 saturated carbocycles. The lowest BCUT2D eigenvalue weighted by Crippen LogP contribution is -2.40. The Hall–Kier alpha value is -1.62. The van der Waals surface area contributed by atoms with E-state index < -0.39 is 6.04 Å². The van der Waals surface area contributed by atoms with Gasteiger partial charge in [-0.3, -0.25) is 4.79 Å². The fourth-order valence-corrected chi connectivity index (χ4v) is 2.70. The quantitative estimate of drug-likeness (QED) is 0.629. The topological polar surface area (TPSA) is 46.6 Å². The van der Waals surface area contributed by atoms with Crippen LogP contribution in [0.15, 0.2) is 34.8 Å². The van der Waals surface area contributed by atoms with E-state index in [1.165, 1.54) is 13.2 Å². The largest absolute Gasteiger partial charge is 0.467 e. The maximum absolute atomic E-state index is 12.2. The first-order chi connectivity index (χ1) is 9.63. The molecule has 1 aromatic carbocycles. The van der Waals surface area contributed by atoms with Crippen molar-refractivity contribution in [3.63, 3.8) is 0 Å². The van der Waals surface area contributed by atoms with Gasteiger partial charge in [-0.25, -0.2) is 4.79 Å². The second-order valence-electron chi connectivity index (χ2n) is 4.57. The number of likely N-dealkylation sites (tertiary alicyclic amines) is 1. The fourth-order valence-electron chi connectivity index (χ4n) is 2.28. The van der Waals surface area contributed by atoms with Crippen LogP contribution in [0.3, 0.4) is 0 Å². The summed E-state index contributed by atoms with van der Waals surface area (Å²) in [5.74, 6) is -0.501. The van der Waals surface area contributed by atoms with Crippen LogP contribution in [0.25, 0.3) is 6.08 Å². The summed E-state index contributed by atoms with van der Waals surface area (Å²) < 4.78 is 5.66. The van der Waals surface area contributed by atoms with Crippen molar-refractivity contribution in [1.82, 2.24) is 4.90 Å². The van der Waals surface area contributed by atoms with Gasteiger partial charge < -0.3 is 9.64 Å². The molecule has 0 aliphatic carbocycles. The molecule has 20 heavy (non-hydrogen) atoms. The Kier molecular flexibility index (Phi) is 4.95. The van der Waals surface area contributed by atoms with Gasteiger partial charge in [0, 0.05) is 17.1 Å². The molecule has 0 radical (unpaired) electrons. The highest BCUT2D eigenvalue weighted by atomic mass is 79.9. The van der Waals surface area contributed by atoms with Crippen LogP contribution < -0.4 is 0 Å². The zero-order valence-electron chi connectivity index (χ0n) is 11.2. The van der Waals surface area contributed by atoms with E-state index in [1.807, 2.05) is 24.3 Å². The SMILES string of the molecule is COC(=O)C1CCCN1C(=O)C=Cc1ccccc1Br. The smallest absolute Gasteiger partial charge is 0.328 e. The summed E-state index contributed by atoms with van der Waals surface area (Å²) >= 11 is 3.43. The molecule has 1 amide bonds. The Balaban J connectivity index is 2.08. The number of rotatable bonds is 3. The van der Waals surface area contributed by atoms with E-state index in [1.54, 1.807) is 11.0 Å². The normalized spacial score (nSPS) is 18.5. The number of carbonyl (C=O) groups excluding carboxylic acids is 2. The second-order valence-corrected chi connectivity index (χ2v) is 5.42. The van der Waals surface area contributed by atoms with Crippen molar-refractivity contribution in [3.8, 4) is 0 Å². The van der Waals surface area contributed by atoms with E-state index in [0.29, 0.717) is 13.0 Å². The highest BCUT2D eigenvalue weighted by Crippen LogP contribution is 2.20. The van der Waals surface area contributed by atoms with E-state index in [9.17, 15) is 9.59 Å². The van der Waals surface area contributed by atoms with Gasteiger partial charge in [0.05, 0.1) is 7.11 Å². The molecule has 1 heterocycles. The summed E-state index contributed by atoms with van der Waals surface area (Å²) in [7, 11) is 1.35. The molecule has 2 rings (SSSR count). The van der Waals surface area contributed by atoms with Crippen molar-refractivity contribution in [1.29, 1.82) is 0 Å². The van der Waals surface area contributed by atoms with Crippen molar-refractivity contribution in [2.24, 2.45) is 0 Å². The molecule has 1 aliphatic rings. The molecule has 1 aliphatic heterocycles. The van der Waals surface area contributed by atoms with Crippen LogP contribution in [-0.4, -0.2) is 36.5 Å². The summed E-state index contributed by atoms with van der Waals surface area (Å²) in [5.41, 5.74) is 0.926. The fraction of sp³-hybridized carbons (Fsp3) is 0.333. The van der Waals surface area contributed by atoms with Crippen LogP contribution in [0.5, 0.6) is 0 Å². The minimum absolute atomic E-state index is 0.159. The molecule has 5 heteroatoms. The number of methoxy groups -OCH3 is 1. The minimum atomic E-state index is -0.448. The van der Waals surface area contributed by atoms with Gasteiger partial charge >= 0.3 is 5.97 Å². The standard InChI is InChI=1S/C15H16BrNO3/c1-20-15(19)13-7-4-10-17(13)14(18)9-8-11-5-2-3-6-12(11)16/h2-3,5-6,8-9,13H,4,7,10H2,1H3. The molecule has 1 atom stereocenters. The number of carbonyl (C=O) groups is 2. The molecular weight excluding hydrogens is 322 g/mol. The predicted molar refractivity (Wildman–Crippen MR) is 79.9 cm³/mol. The van der Waals surface area contributed by atoms with Crippen molar-refractivity contribution >= 4 is 33.9 Å². The first-order valence-electron chi connectivity index (χ1n) is 6.44. The van der Waals surface area contributed by atoms with E-state index in [4.69, 9.17) is 4.74 Å². The summed E-state index contributed by atoms with van der Waals surface area (Å²) in [6.07, 6.45) is 4.75. The molecule has 1 aromatic rings. The summed E-state index contributed by atoms with van der Waals surface area (Å²) in [4.78, 5) is 25.4. The van der Waals surface area contributed by atoms with Crippen molar-refractivity contribution in [2.45, 2.75) is 18.9 Å². The summed E-state index contributed by atoms with van der Waals surface area (Å²) in [5, 5.41) is 0. The van der Waals surface area contributed by atoms with Gasteiger partial charge in [0.15, 0.2) is 0 Å². The third-order valence-electron chi connectivity index (χ3n) is 3.32. The van der Waals surface area contributed by atoms with Crippen LogP contribution in [0.1, 0.15) is 18.4 Å². The number of amides is 1. The van der Waals surface area contributed by atoms with Crippen molar-refractivity contribution in [2.75, 3.05) is 13.7 Å². The summed E-state index contributed by atoms with van der Waals surface area (Å²) in [6.45, 7) is 0.596. The van der Waals surface area contributed by atoms with E-state index >= 15 is 0 Å². The van der Waals surface area contributed by atoms with Gasteiger partial charge in [0.1, 0.15) is 6.04 Å². The maximum Gasteiger partial charge on any atom is 0.328 e. The van der Waals surface area contributed by atoms with Crippen LogP contribution in [0, 0.1) is 0 Å². The number of ether oxygens (including phenoxy) is 1. The minimum Gasteiger partial charge on any atom is -0.467 e. The third kappa shape index (κ3) is 3.28. The second kappa shape index (κ2) is 6.70. The predicted octanol–water partition coefficient (Wildman–Crippen LogP) is 2.63. The number of esters is 1. The first kappa shape index (κ1) is 14.8.